The van der Waals surface area contributed by atoms with E-state index in [9.17, 15) is 13.2 Å². The highest BCUT2D eigenvalue weighted by molar-refractivity contribution is 5.08. The van der Waals surface area contributed by atoms with Crippen LogP contribution in [0, 0.1) is 5.92 Å². The standard InChI is InChI=1S/C11H18F3N3/c1-3-4-15-5-9(2)7-17-8-10(6-16-17)11(12,13)14/h6,8-9,15H,3-5,7H2,1-2H3. The fourth-order valence-electron chi connectivity index (χ4n) is 1.52. The number of alkyl halides is 3. The maximum atomic E-state index is 12.3. The summed E-state index contributed by atoms with van der Waals surface area (Å²) >= 11 is 0. The Hall–Kier alpha value is -1.04. The summed E-state index contributed by atoms with van der Waals surface area (Å²) in [5, 5.41) is 6.95. The summed E-state index contributed by atoms with van der Waals surface area (Å²) in [4.78, 5) is 0. The van der Waals surface area contributed by atoms with Crippen LogP contribution in [0.15, 0.2) is 12.4 Å². The van der Waals surface area contributed by atoms with Gasteiger partial charge in [0.1, 0.15) is 0 Å². The SMILES string of the molecule is CCCNCC(C)Cn1cc(C(F)(F)F)cn1. The summed E-state index contributed by atoms with van der Waals surface area (Å²) in [5.41, 5.74) is -0.689. The second-order valence-corrected chi connectivity index (χ2v) is 4.26. The Bertz CT molecular complexity index is 333. The maximum absolute atomic E-state index is 12.3. The summed E-state index contributed by atoms with van der Waals surface area (Å²) < 4.78 is 38.3. The lowest BCUT2D eigenvalue weighted by Crippen LogP contribution is -2.24. The molecule has 0 aliphatic heterocycles. The van der Waals surface area contributed by atoms with E-state index in [4.69, 9.17) is 0 Å². The van der Waals surface area contributed by atoms with Crippen molar-refractivity contribution in [2.24, 2.45) is 5.92 Å². The molecule has 0 amide bonds. The van der Waals surface area contributed by atoms with Gasteiger partial charge in [0.05, 0.1) is 11.8 Å². The van der Waals surface area contributed by atoms with E-state index in [-0.39, 0.29) is 5.92 Å². The van der Waals surface area contributed by atoms with E-state index in [2.05, 4.69) is 17.3 Å². The summed E-state index contributed by atoms with van der Waals surface area (Å²) in [6.07, 6.45) is -1.34. The van der Waals surface area contributed by atoms with Crippen LogP contribution in [0.25, 0.3) is 0 Å². The van der Waals surface area contributed by atoms with Gasteiger partial charge in [0.25, 0.3) is 0 Å². The largest absolute Gasteiger partial charge is 0.419 e. The zero-order valence-corrected chi connectivity index (χ0v) is 10.1. The van der Waals surface area contributed by atoms with Gasteiger partial charge in [-0.05, 0) is 25.4 Å². The molecule has 3 nitrogen and oxygen atoms in total. The first-order valence-corrected chi connectivity index (χ1v) is 5.73. The molecule has 1 unspecified atom stereocenters. The average Bonchev–Trinajstić information content (AvgIpc) is 2.66. The maximum Gasteiger partial charge on any atom is 0.419 e. The van der Waals surface area contributed by atoms with Crippen molar-refractivity contribution in [1.29, 1.82) is 0 Å². The van der Waals surface area contributed by atoms with Crippen LogP contribution in [0.4, 0.5) is 13.2 Å². The highest BCUT2D eigenvalue weighted by atomic mass is 19.4. The fraction of sp³-hybridized carbons (Fsp3) is 0.727. The van der Waals surface area contributed by atoms with Gasteiger partial charge in [-0.1, -0.05) is 13.8 Å². The van der Waals surface area contributed by atoms with Gasteiger partial charge < -0.3 is 5.32 Å². The monoisotopic (exact) mass is 249 g/mol. The van der Waals surface area contributed by atoms with E-state index in [1.807, 2.05) is 6.92 Å². The van der Waals surface area contributed by atoms with Crippen LogP contribution < -0.4 is 5.32 Å². The van der Waals surface area contributed by atoms with Gasteiger partial charge >= 0.3 is 6.18 Å². The number of nitrogens with one attached hydrogen (secondary N) is 1. The van der Waals surface area contributed by atoms with Crippen molar-refractivity contribution < 1.29 is 13.2 Å². The van der Waals surface area contributed by atoms with Crippen LogP contribution in [0.5, 0.6) is 0 Å². The quantitative estimate of drug-likeness (QED) is 0.785. The van der Waals surface area contributed by atoms with E-state index < -0.39 is 11.7 Å². The van der Waals surface area contributed by atoms with E-state index in [0.717, 1.165) is 31.9 Å². The van der Waals surface area contributed by atoms with E-state index in [1.165, 1.54) is 4.68 Å². The van der Waals surface area contributed by atoms with E-state index in [0.29, 0.717) is 6.54 Å². The molecule has 0 aromatic carbocycles. The van der Waals surface area contributed by atoms with Crippen molar-refractivity contribution in [3.63, 3.8) is 0 Å². The molecule has 6 heteroatoms. The van der Waals surface area contributed by atoms with Crippen LogP contribution in [0.2, 0.25) is 0 Å². The number of hydrogen-bond acceptors (Lipinski definition) is 2. The third kappa shape index (κ3) is 4.77. The smallest absolute Gasteiger partial charge is 0.316 e. The van der Waals surface area contributed by atoms with Crippen molar-refractivity contribution in [3.8, 4) is 0 Å². The van der Waals surface area contributed by atoms with Gasteiger partial charge in [-0.3, -0.25) is 4.68 Å². The van der Waals surface area contributed by atoms with Crippen LogP contribution >= 0.6 is 0 Å². The van der Waals surface area contributed by atoms with Crippen molar-refractivity contribution in [2.45, 2.75) is 33.0 Å². The first kappa shape index (κ1) is 14.0. The number of hydrogen-bond donors (Lipinski definition) is 1. The second-order valence-electron chi connectivity index (χ2n) is 4.26. The normalized spacial score (nSPS) is 13.9. The van der Waals surface area contributed by atoms with E-state index >= 15 is 0 Å². The van der Waals surface area contributed by atoms with Crippen molar-refractivity contribution >= 4 is 0 Å². The molecule has 0 aliphatic rings. The topological polar surface area (TPSA) is 29.9 Å². The highest BCUT2D eigenvalue weighted by Crippen LogP contribution is 2.28. The Balaban J connectivity index is 2.43. The summed E-state index contributed by atoms with van der Waals surface area (Å²) in [7, 11) is 0. The molecule has 1 heterocycles. The minimum absolute atomic E-state index is 0.252. The third-order valence-electron chi connectivity index (χ3n) is 2.38. The molecular formula is C11H18F3N3. The molecule has 1 atom stereocenters. The molecule has 98 valence electrons. The van der Waals surface area contributed by atoms with Gasteiger partial charge in [-0.25, -0.2) is 0 Å². The number of halogens is 3. The van der Waals surface area contributed by atoms with Gasteiger partial charge in [-0.2, -0.15) is 18.3 Å². The Morgan fingerprint density at radius 3 is 2.71 bits per heavy atom. The second kappa shape index (κ2) is 6.05. The molecule has 0 aliphatic carbocycles. The van der Waals surface area contributed by atoms with Crippen LogP contribution in [0.1, 0.15) is 25.8 Å². The van der Waals surface area contributed by atoms with Crippen molar-refractivity contribution in [1.82, 2.24) is 15.1 Å². The molecule has 0 saturated heterocycles. The Labute approximate surface area is 99.0 Å². The predicted octanol–water partition coefficient (Wildman–Crippen LogP) is 2.54. The Morgan fingerprint density at radius 1 is 1.47 bits per heavy atom. The molecule has 0 fully saturated rings. The molecule has 1 aromatic heterocycles. The Kier molecular flexibility index (Phi) is 4.99. The lowest BCUT2D eigenvalue weighted by atomic mass is 10.2. The van der Waals surface area contributed by atoms with E-state index in [1.54, 1.807) is 0 Å². The molecule has 0 bridgehead atoms. The minimum Gasteiger partial charge on any atom is -0.316 e. The Morgan fingerprint density at radius 2 is 2.18 bits per heavy atom. The van der Waals surface area contributed by atoms with Gasteiger partial charge in [0.15, 0.2) is 0 Å². The number of rotatable bonds is 6. The molecule has 0 saturated carbocycles. The molecule has 1 N–H and O–H groups in total. The van der Waals surface area contributed by atoms with Gasteiger partial charge in [0.2, 0.25) is 0 Å². The molecular weight excluding hydrogens is 231 g/mol. The molecule has 0 spiro atoms. The fourth-order valence-corrected chi connectivity index (χ4v) is 1.52. The number of aromatic nitrogens is 2. The summed E-state index contributed by atoms with van der Waals surface area (Å²) in [5.74, 6) is 0.252. The lowest BCUT2D eigenvalue weighted by Gasteiger charge is -2.12. The highest BCUT2D eigenvalue weighted by Gasteiger charge is 2.32. The molecule has 1 rings (SSSR count). The zero-order chi connectivity index (χ0) is 12.9. The van der Waals surface area contributed by atoms with Crippen molar-refractivity contribution in [2.75, 3.05) is 13.1 Å². The first-order chi connectivity index (χ1) is 7.93. The van der Waals surface area contributed by atoms with Gasteiger partial charge in [-0.15, -0.1) is 0 Å². The molecule has 1 aromatic rings. The summed E-state index contributed by atoms with van der Waals surface area (Å²) in [6.45, 7) is 6.26. The lowest BCUT2D eigenvalue weighted by molar-refractivity contribution is -0.137. The predicted molar refractivity (Wildman–Crippen MR) is 59.6 cm³/mol. The summed E-state index contributed by atoms with van der Waals surface area (Å²) in [6, 6.07) is 0. The average molecular weight is 249 g/mol. The third-order valence-corrected chi connectivity index (χ3v) is 2.38. The van der Waals surface area contributed by atoms with Crippen molar-refractivity contribution in [3.05, 3.63) is 18.0 Å². The minimum atomic E-state index is -4.30. The first-order valence-electron chi connectivity index (χ1n) is 5.73. The van der Waals surface area contributed by atoms with Crippen LogP contribution in [-0.4, -0.2) is 22.9 Å². The molecule has 17 heavy (non-hydrogen) atoms. The molecule has 0 radical (unpaired) electrons. The van der Waals surface area contributed by atoms with Crippen LogP contribution in [-0.2, 0) is 12.7 Å². The van der Waals surface area contributed by atoms with Gasteiger partial charge in [0, 0.05) is 12.7 Å². The zero-order valence-electron chi connectivity index (χ0n) is 10.1. The number of nitrogens with zero attached hydrogens (tertiary/aromatic N) is 2. The van der Waals surface area contributed by atoms with Crippen LogP contribution in [0.3, 0.4) is 0 Å².